The molecule has 1 fully saturated rings. The molecule has 0 atom stereocenters. The molecule has 0 bridgehead atoms. The molecular weight excluding hydrogens is 284 g/mol. The predicted molar refractivity (Wildman–Crippen MR) is 74.3 cm³/mol. The fourth-order valence-corrected chi connectivity index (χ4v) is 2.39. The molecule has 114 valence electrons. The molecule has 1 heterocycles. The number of carbonyl (C=O) groups excluding carboxylic acids is 1. The summed E-state index contributed by atoms with van der Waals surface area (Å²) in [5.41, 5.74) is 5.52. The van der Waals surface area contributed by atoms with Crippen molar-refractivity contribution in [2.45, 2.75) is 44.8 Å². The average Bonchev–Trinajstić information content (AvgIpc) is 2.99. The summed E-state index contributed by atoms with van der Waals surface area (Å²) in [5.74, 6) is 0.777. The number of hydrogen-bond acceptors (Lipinski definition) is 6. The first-order chi connectivity index (χ1) is 9.13. The Morgan fingerprint density at radius 1 is 1.50 bits per heavy atom. The van der Waals surface area contributed by atoms with Crippen molar-refractivity contribution >= 4 is 18.3 Å². The first kappa shape index (κ1) is 16.9. The van der Waals surface area contributed by atoms with Crippen molar-refractivity contribution in [1.29, 1.82) is 0 Å². The van der Waals surface area contributed by atoms with E-state index >= 15 is 0 Å². The molecule has 0 aliphatic heterocycles. The zero-order valence-corrected chi connectivity index (χ0v) is 12.4. The Kier molecular flexibility index (Phi) is 6.38. The van der Waals surface area contributed by atoms with Crippen LogP contribution in [0.15, 0.2) is 4.52 Å². The highest BCUT2D eigenvalue weighted by Gasteiger charge is 2.33. The lowest BCUT2D eigenvalue weighted by Gasteiger charge is -2.28. The molecule has 20 heavy (non-hydrogen) atoms. The Morgan fingerprint density at radius 3 is 2.75 bits per heavy atom. The van der Waals surface area contributed by atoms with E-state index in [2.05, 4.69) is 15.5 Å². The molecule has 1 aliphatic carbocycles. The van der Waals surface area contributed by atoms with E-state index in [-0.39, 0.29) is 37.1 Å². The maximum Gasteiger partial charge on any atom is 0.252 e. The zero-order chi connectivity index (χ0) is 13.7. The minimum Gasteiger partial charge on any atom is -0.362 e. The summed E-state index contributed by atoms with van der Waals surface area (Å²) in [4.78, 5) is 15.8. The van der Waals surface area contributed by atoms with E-state index < -0.39 is 0 Å². The highest BCUT2D eigenvalue weighted by atomic mass is 35.5. The van der Waals surface area contributed by atoms with Crippen LogP contribution in [-0.4, -0.2) is 34.7 Å². The summed E-state index contributed by atoms with van der Waals surface area (Å²) in [5, 5.41) is 6.62. The lowest BCUT2D eigenvalue weighted by Crippen LogP contribution is -2.52. The van der Waals surface area contributed by atoms with E-state index in [1.54, 1.807) is 6.92 Å². The van der Waals surface area contributed by atoms with Crippen LogP contribution in [0.2, 0.25) is 0 Å². The highest BCUT2D eigenvalue weighted by molar-refractivity contribution is 5.85. The third-order valence-electron chi connectivity index (χ3n) is 3.38. The van der Waals surface area contributed by atoms with Crippen LogP contribution in [0.1, 0.15) is 37.4 Å². The molecule has 0 unspecified atom stereocenters. The summed E-state index contributed by atoms with van der Waals surface area (Å²) in [6, 6.07) is 0. The molecule has 1 aromatic heterocycles. The lowest BCUT2D eigenvalue weighted by molar-refractivity contribution is -0.128. The Balaban J connectivity index is 0.00000200. The van der Waals surface area contributed by atoms with Crippen LogP contribution in [-0.2, 0) is 16.1 Å². The Hall–Kier alpha value is -1.18. The van der Waals surface area contributed by atoms with Crippen LogP contribution in [0.3, 0.4) is 0 Å². The van der Waals surface area contributed by atoms with E-state index in [1.807, 2.05) is 0 Å². The second-order valence-electron chi connectivity index (χ2n) is 4.97. The monoisotopic (exact) mass is 304 g/mol. The van der Waals surface area contributed by atoms with Crippen LogP contribution < -0.4 is 11.1 Å². The fraction of sp³-hybridized carbons (Fsp3) is 0.750. The molecule has 1 saturated carbocycles. The minimum atomic E-state index is -0.235. The van der Waals surface area contributed by atoms with Gasteiger partial charge in [0.1, 0.15) is 13.2 Å². The van der Waals surface area contributed by atoms with E-state index in [0.29, 0.717) is 18.3 Å². The van der Waals surface area contributed by atoms with Crippen molar-refractivity contribution in [3.05, 3.63) is 11.7 Å². The number of aromatic nitrogens is 2. The second kappa shape index (κ2) is 7.56. The summed E-state index contributed by atoms with van der Waals surface area (Å²) < 4.78 is 10.1. The number of rotatable bonds is 6. The number of hydrogen-bond donors (Lipinski definition) is 2. The molecule has 0 radical (unpaired) electrons. The van der Waals surface area contributed by atoms with Crippen LogP contribution in [0, 0.1) is 6.92 Å². The maximum absolute atomic E-state index is 11.8. The normalized spacial score (nSPS) is 16.7. The van der Waals surface area contributed by atoms with Gasteiger partial charge in [-0.2, -0.15) is 4.98 Å². The Bertz CT molecular complexity index is 432. The van der Waals surface area contributed by atoms with Gasteiger partial charge in [-0.1, -0.05) is 18.0 Å². The highest BCUT2D eigenvalue weighted by Crippen LogP contribution is 2.28. The molecule has 3 N–H and O–H groups in total. The van der Waals surface area contributed by atoms with Gasteiger partial charge in [0.25, 0.3) is 5.89 Å². The first-order valence-electron chi connectivity index (χ1n) is 6.52. The minimum absolute atomic E-state index is 0. The number of carbonyl (C=O) groups is 1. The van der Waals surface area contributed by atoms with Gasteiger partial charge in [0, 0.05) is 6.54 Å². The predicted octanol–water partition coefficient (Wildman–Crippen LogP) is 0.704. The van der Waals surface area contributed by atoms with Crippen molar-refractivity contribution in [2.24, 2.45) is 5.73 Å². The Labute approximate surface area is 124 Å². The molecule has 0 spiro atoms. The van der Waals surface area contributed by atoms with Gasteiger partial charge in [-0.15, -0.1) is 12.4 Å². The third-order valence-corrected chi connectivity index (χ3v) is 3.38. The van der Waals surface area contributed by atoms with E-state index in [0.717, 1.165) is 25.7 Å². The van der Waals surface area contributed by atoms with E-state index in [9.17, 15) is 4.79 Å². The van der Waals surface area contributed by atoms with Crippen molar-refractivity contribution in [1.82, 2.24) is 15.5 Å². The lowest BCUT2D eigenvalue weighted by atomic mass is 9.98. The second-order valence-corrected chi connectivity index (χ2v) is 4.97. The van der Waals surface area contributed by atoms with Gasteiger partial charge in [-0.25, -0.2) is 0 Å². The number of amides is 1. The topological polar surface area (TPSA) is 103 Å². The molecule has 0 saturated heterocycles. The molecule has 8 heteroatoms. The average molecular weight is 305 g/mol. The van der Waals surface area contributed by atoms with Gasteiger partial charge in [0.2, 0.25) is 5.91 Å². The molecule has 2 rings (SSSR count). The zero-order valence-electron chi connectivity index (χ0n) is 11.6. The van der Waals surface area contributed by atoms with Crippen LogP contribution >= 0.6 is 12.4 Å². The molecule has 7 nitrogen and oxygen atoms in total. The van der Waals surface area contributed by atoms with Crippen molar-refractivity contribution in [3.63, 3.8) is 0 Å². The van der Waals surface area contributed by atoms with Crippen molar-refractivity contribution in [2.75, 3.05) is 13.2 Å². The number of nitrogens with one attached hydrogen (secondary N) is 1. The van der Waals surface area contributed by atoms with Gasteiger partial charge in [-0.05, 0) is 19.8 Å². The summed E-state index contributed by atoms with van der Waals surface area (Å²) in [6.07, 6.45) is 4.11. The maximum atomic E-state index is 11.8. The smallest absolute Gasteiger partial charge is 0.252 e. The quantitative estimate of drug-likeness (QED) is 0.802. The third kappa shape index (κ3) is 4.43. The van der Waals surface area contributed by atoms with Crippen LogP contribution in [0.4, 0.5) is 0 Å². The molecular formula is C12H21ClN4O3. The van der Waals surface area contributed by atoms with Crippen LogP contribution in [0.25, 0.3) is 0 Å². The van der Waals surface area contributed by atoms with Crippen LogP contribution in [0.5, 0.6) is 0 Å². The van der Waals surface area contributed by atoms with E-state index in [4.69, 9.17) is 15.0 Å². The standard InChI is InChI=1S/C12H20N4O3.ClH/c1-9-14-11(19-16-9)7-18-6-10(17)15-12(8-13)4-2-3-5-12;/h2-8,13H2,1H3,(H,15,17);1H. The number of halogens is 1. The van der Waals surface area contributed by atoms with Gasteiger partial charge in [0.05, 0.1) is 5.54 Å². The van der Waals surface area contributed by atoms with Crippen molar-refractivity contribution < 1.29 is 14.1 Å². The molecule has 0 aromatic carbocycles. The fourth-order valence-electron chi connectivity index (χ4n) is 2.39. The van der Waals surface area contributed by atoms with Gasteiger partial charge < -0.3 is 20.3 Å². The van der Waals surface area contributed by atoms with Crippen molar-refractivity contribution in [3.8, 4) is 0 Å². The molecule has 1 aromatic rings. The van der Waals surface area contributed by atoms with Gasteiger partial charge in [-0.3, -0.25) is 4.79 Å². The first-order valence-corrected chi connectivity index (χ1v) is 6.52. The Morgan fingerprint density at radius 2 is 2.20 bits per heavy atom. The summed E-state index contributed by atoms with van der Waals surface area (Å²) >= 11 is 0. The number of nitrogens with two attached hydrogens (primary N) is 1. The number of nitrogens with zero attached hydrogens (tertiary/aromatic N) is 2. The molecule has 1 amide bonds. The van der Waals surface area contributed by atoms with Gasteiger partial charge in [0.15, 0.2) is 5.82 Å². The SMILES string of the molecule is Cc1noc(COCC(=O)NC2(CN)CCCC2)n1.Cl. The molecule has 1 aliphatic rings. The van der Waals surface area contributed by atoms with E-state index in [1.165, 1.54) is 0 Å². The number of ether oxygens (including phenoxy) is 1. The summed E-state index contributed by atoms with van der Waals surface area (Å²) in [7, 11) is 0. The van der Waals surface area contributed by atoms with Gasteiger partial charge >= 0.3 is 0 Å². The largest absolute Gasteiger partial charge is 0.362 e. The number of aryl methyl sites for hydroxylation is 1. The summed E-state index contributed by atoms with van der Waals surface area (Å²) in [6.45, 7) is 2.32.